The zero-order valence-corrected chi connectivity index (χ0v) is 45.0. The van der Waals surface area contributed by atoms with Crippen LogP contribution in [0.4, 0.5) is 0 Å². The summed E-state index contributed by atoms with van der Waals surface area (Å²) in [5, 5.41) is 50.4. The van der Waals surface area contributed by atoms with Gasteiger partial charge in [0.1, 0.15) is 42.7 Å². The third-order valence-corrected chi connectivity index (χ3v) is 14.6. The Labute approximate surface area is 421 Å². The minimum atomic E-state index is -5.02. The number of unbranched alkanes of at least 4 members (excludes halogenated alkanes) is 34. The van der Waals surface area contributed by atoms with Crippen LogP contribution in [0.5, 0.6) is 0 Å². The van der Waals surface area contributed by atoms with Crippen molar-refractivity contribution >= 4 is 13.8 Å². The van der Waals surface area contributed by atoms with Crippen molar-refractivity contribution in [3.63, 3.8) is 0 Å². The zero-order chi connectivity index (χ0) is 50.5. The van der Waals surface area contributed by atoms with Crippen LogP contribution < -0.4 is 0 Å². The number of rotatable bonds is 50. The number of carbonyl (C=O) groups excluding carboxylic acids is 1. The molecule has 6 N–H and O–H groups in total. The molecule has 1 fully saturated rings. The first kappa shape index (κ1) is 65.8. The first-order valence-electron chi connectivity index (χ1n) is 28.7. The first-order chi connectivity index (χ1) is 33.5. The summed E-state index contributed by atoms with van der Waals surface area (Å²) in [6, 6.07) is 0. The molecule has 6 atom stereocenters. The number of esters is 1. The number of allylic oxidation sites excluding steroid dienone is 4. The van der Waals surface area contributed by atoms with Crippen LogP contribution in [-0.2, 0) is 27.9 Å². The molecular formula is C56H107O12P. The van der Waals surface area contributed by atoms with Crippen molar-refractivity contribution in [3.05, 3.63) is 24.3 Å². The summed E-state index contributed by atoms with van der Waals surface area (Å²) in [6.45, 7) is 4.29. The van der Waals surface area contributed by atoms with Gasteiger partial charge in [-0.15, -0.1) is 0 Å². The van der Waals surface area contributed by atoms with Crippen LogP contribution in [0.15, 0.2) is 24.3 Å². The molecule has 12 nitrogen and oxygen atoms in total. The molecule has 1 aliphatic rings. The lowest BCUT2D eigenvalue weighted by molar-refractivity contribution is -0.220. The van der Waals surface area contributed by atoms with Crippen molar-refractivity contribution in [2.45, 2.75) is 307 Å². The van der Waals surface area contributed by atoms with Gasteiger partial charge in [-0.05, 0) is 44.9 Å². The summed E-state index contributed by atoms with van der Waals surface area (Å²) in [7, 11) is -5.02. The van der Waals surface area contributed by atoms with Gasteiger partial charge >= 0.3 is 13.8 Å². The molecule has 0 bridgehead atoms. The molecule has 0 aromatic rings. The molecule has 0 spiro atoms. The van der Waals surface area contributed by atoms with E-state index in [0.717, 1.165) is 57.8 Å². The summed E-state index contributed by atoms with van der Waals surface area (Å²) in [5.41, 5.74) is 0. The SMILES string of the molecule is CCCCCC/C=C\C/C=C\CCCCCCCCCCOCC(COP(=O)(O)OC1C(O)C(O)C(O)C(O)C1O)OC(=O)CCCCCCCCCCCCCCCCCCCCCCCCC. The second kappa shape index (κ2) is 46.6. The minimum absolute atomic E-state index is 0.0762. The van der Waals surface area contributed by atoms with E-state index >= 15 is 0 Å². The largest absolute Gasteiger partial charge is 0.472 e. The fourth-order valence-electron chi connectivity index (χ4n) is 9.04. The van der Waals surface area contributed by atoms with Gasteiger partial charge in [0.15, 0.2) is 0 Å². The van der Waals surface area contributed by atoms with E-state index in [-0.39, 0.29) is 13.0 Å². The van der Waals surface area contributed by atoms with E-state index in [1.54, 1.807) is 0 Å². The summed E-state index contributed by atoms with van der Waals surface area (Å²) in [6.07, 6.45) is 43.9. The topological polar surface area (TPSA) is 192 Å². The Bertz CT molecular complexity index is 1240. The van der Waals surface area contributed by atoms with Crippen LogP contribution in [0.2, 0.25) is 0 Å². The van der Waals surface area contributed by atoms with Gasteiger partial charge in [-0.25, -0.2) is 4.57 Å². The van der Waals surface area contributed by atoms with Crippen molar-refractivity contribution in [3.8, 4) is 0 Å². The number of carbonyl (C=O) groups is 1. The van der Waals surface area contributed by atoms with Gasteiger partial charge < -0.3 is 39.9 Å². The van der Waals surface area contributed by atoms with Gasteiger partial charge in [0, 0.05) is 13.0 Å². The van der Waals surface area contributed by atoms with Crippen molar-refractivity contribution in [2.24, 2.45) is 0 Å². The molecule has 0 radical (unpaired) electrons. The molecular weight excluding hydrogens is 896 g/mol. The maximum Gasteiger partial charge on any atom is 0.472 e. The lowest BCUT2D eigenvalue weighted by Gasteiger charge is -2.41. The monoisotopic (exact) mass is 1000 g/mol. The molecule has 0 heterocycles. The van der Waals surface area contributed by atoms with E-state index < -0.39 is 63.1 Å². The van der Waals surface area contributed by atoms with Crippen molar-refractivity contribution in [1.29, 1.82) is 0 Å². The van der Waals surface area contributed by atoms with Gasteiger partial charge in [0.2, 0.25) is 0 Å². The number of hydrogen-bond donors (Lipinski definition) is 6. The lowest BCUT2D eigenvalue weighted by atomic mass is 9.85. The predicted molar refractivity (Wildman–Crippen MR) is 281 cm³/mol. The van der Waals surface area contributed by atoms with Crippen LogP contribution in [0.25, 0.3) is 0 Å². The van der Waals surface area contributed by atoms with Crippen molar-refractivity contribution in [1.82, 2.24) is 0 Å². The Kier molecular flexibility index (Phi) is 44.5. The highest BCUT2D eigenvalue weighted by molar-refractivity contribution is 7.47. The van der Waals surface area contributed by atoms with E-state index in [1.807, 2.05) is 0 Å². The van der Waals surface area contributed by atoms with Crippen molar-refractivity contribution < 1.29 is 58.3 Å². The molecule has 0 saturated heterocycles. The van der Waals surface area contributed by atoms with E-state index in [4.69, 9.17) is 18.5 Å². The molecule has 69 heavy (non-hydrogen) atoms. The van der Waals surface area contributed by atoms with Gasteiger partial charge in [-0.1, -0.05) is 237 Å². The predicted octanol–water partition coefficient (Wildman–Crippen LogP) is 13.6. The van der Waals surface area contributed by atoms with Crippen molar-refractivity contribution in [2.75, 3.05) is 19.8 Å². The van der Waals surface area contributed by atoms with Gasteiger partial charge in [0.25, 0.3) is 0 Å². The maximum absolute atomic E-state index is 12.9. The van der Waals surface area contributed by atoms with Gasteiger partial charge in [-0.3, -0.25) is 13.8 Å². The standard InChI is InChI=1S/C56H107O12P/c1-3-5-7-9-11-13-15-17-19-21-23-24-25-26-27-29-31-33-35-37-39-41-43-45-50(57)67-49(48-66-69(63,64)68-56-54(61)52(59)51(58)53(60)55(56)62)47-65-46-44-42-40-38-36-34-32-30-28-22-20-18-16-14-12-10-8-6-4-2/h14,16,20,22,49,51-56,58-62H,3-13,15,17-19,21,23-48H2,1-2H3,(H,63,64)/b16-14-,22-20-. The Balaban J connectivity index is 2.27. The quantitative estimate of drug-likeness (QED) is 0.0146. The zero-order valence-electron chi connectivity index (χ0n) is 44.1. The fourth-order valence-corrected chi connectivity index (χ4v) is 10.0. The average Bonchev–Trinajstić information content (AvgIpc) is 3.34. The molecule has 0 aromatic carbocycles. The summed E-state index contributed by atoms with van der Waals surface area (Å²) in [4.78, 5) is 23.3. The highest BCUT2D eigenvalue weighted by atomic mass is 31.2. The molecule has 6 unspecified atom stereocenters. The molecule has 408 valence electrons. The molecule has 0 aliphatic heterocycles. The molecule has 1 rings (SSSR count). The maximum atomic E-state index is 12.9. The third-order valence-electron chi connectivity index (χ3n) is 13.6. The number of phosphoric ester groups is 1. The smallest absolute Gasteiger partial charge is 0.457 e. The first-order valence-corrected chi connectivity index (χ1v) is 30.2. The minimum Gasteiger partial charge on any atom is -0.457 e. The third kappa shape index (κ3) is 38.1. The van der Waals surface area contributed by atoms with Crippen LogP contribution in [-0.4, -0.2) is 98.9 Å². The molecule has 0 aromatic heterocycles. The van der Waals surface area contributed by atoms with Crippen LogP contribution in [0.3, 0.4) is 0 Å². The van der Waals surface area contributed by atoms with Gasteiger partial charge in [0.05, 0.1) is 13.2 Å². The molecule has 0 amide bonds. The number of hydrogen-bond acceptors (Lipinski definition) is 11. The Morgan fingerprint density at radius 1 is 0.464 bits per heavy atom. The number of ether oxygens (including phenoxy) is 2. The summed E-state index contributed by atoms with van der Waals surface area (Å²) >= 11 is 0. The Morgan fingerprint density at radius 2 is 0.812 bits per heavy atom. The number of phosphoric acid groups is 1. The average molecular weight is 1000 g/mol. The fraction of sp³-hybridized carbons (Fsp3) is 0.911. The summed E-state index contributed by atoms with van der Waals surface area (Å²) in [5.74, 6) is -0.473. The van der Waals surface area contributed by atoms with Crippen LogP contribution in [0.1, 0.15) is 264 Å². The van der Waals surface area contributed by atoms with Crippen LogP contribution >= 0.6 is 7.82 Å². The normalized spacial score (nSPS) is 21.1. The van der Waals surface area contributed by atoms with E-state index in [0.29, 0.717) is 13.0 Å². The molecule has 13 heteroatoms. The van der Waals surface area contributed by atoms with E-state index in [9.17, 15) is 39.8 Å². The molecule has 1 aliphatic carbocycles. The Morgan fingerprint density at radius 3 is 1.23 bits per heavy atom. The van der Waals surface area contributed by atoms with E-state index in [1.165, 1.54) is 180 Å². The summed E-state index contributed by atoms with van der Waals surface area (Å²) < 4.78 is 34.4. The Hall–Kier alpha value is -1.18. The van der Waals surface area contributed by atoms with Crippen LogP contribution in [0, 0.1) is 0 Å². The van der Waals surface area contributed by atoms with Gasteiger partial charge in [-0.2, -0.15) is 0 Å². The second-order valence-electron chi connectivity index (χ2n) is 20.1. The molecule has 1 saturated carbocycles. The number of aliphatic hydroxyl groups is 5. The second-order valence-corrected chi connectivity index (χ2v) is 21.6. The van der Waals surface area contributed by atoms with E-state index in [2.05, 4.69) is 38.2 Å². The highest BCUT2D eigenvalue weighted by Crippen LogP contribution is 2.47. The number of aliphatic hydroxyl groups excluding tert-OH is 5. The lowest BCUT2D eigenvalue weighted by Crippen LogP contribution is -2.64. The highest BCUT2D eigenvalue weighted by Gasteiger charge is 2.51.